The molecule has 0 aliphatic rings. The Morgan fingerprint density at radius 2 is 1.58 bits per heavy atom. The third-order valence-corrected chi connectivity index (χ3v) is 5.23. The average molecular weight is 444 g/mol. The van der Waals surface area contributed by atoms with Gasteiger partial charge < -0.3 is 20.5 Å². The molecule has 0 saturated carbocycles. The van der Waals surface area contributed by atoms with E-state index in [1.165, 1.54) is 0 Å². The molecule has 3 aromatic rings. The van der Waals surface area contributed by atoms with Crippen molar-refractivity contribution in [3.63, 3.8) is 0 Å². The van der Waals surface area contributed by atoms with Gasteiger partial charge in [0.1, 0.15) is 17.5 Å². The van der Waals surface area contributed by atoms with Crippen molar-refractivity contribution in [1.82, 2.24) is 0 Å². The Morgan fingerprint density at radius 1 is 0.970 bits per heavy atom. The maximum Gasteiger partial charge on any atom is 0.205 e. The fraction of sp³-hybridized carbons (Fsp3) is 0.185. The molecule has 6 heteroatoms. The number of hydrogen-bond acceptors (Lipinski definition) is 6. The zero-order valence-corrected chi connectivity index (χ0v) is 19.3. The van der Waals surface area contributed by atoms with Crippen LogP contribution in [-0.2, 0) is 4.79 Å². The van der Waals surface area contributed by atoms with Gasteiger partial charge in [0, 0.05) is 42.7 Å². The van der Waals surface area contributed by atoms with Crippen LogP contribution < -0.4 is 20.5 Å². The van der Waals surface area contributed by atoms with Crippen molar-refractivity contribution in [2.75, 3.05) is 26.6 Å². The Labute approximate surface area is 194 Å². The minimum Gasteiger partial charge on any atom is -0.497 e. The number of nitrogens with two attached hydrogens (primary N) is 1. The standard InChI is InChI=1S/C27H29N3O3/c1-18-10-12-20(13-11-18)26(30-21-14-22(32-3)16-23(15-21)33-4)27(31)25(28)24(17-29-2)19-8-6-5-7-9-19/h5-17,26,30H,28H2,1-4H3. The van der Waals surface area contributed by atoms with E-state index in [1.807, 2.05) is 73.7 Å². The number of ether oxygens (including phenoxy) is 2. The van der Waals surface area contributed by atoms with Gasteiger partial charge in [-0.05, 0) is 18.1 Å². The molecule has 0 fully saturated rings. The quantitative estimate of drug-likeness (QED) is 0.366. The van der Waals surface area contributed by atoms with Crippen LogP contribution in [0.1, 0.15) is 22.7 Å². The van der Waals surface area contributed by atoms with Crippen LogP contribution in [0.25, 0.3) is 5.57 Å². The van der Waals surface area contributed by atoms with Gasteiger partial charge in [0.2, 0.25) is 5.78 Å². The van der Waals surface area contributed by atoms with E-state index in [9.17, 15) is 4.79 Å². The molecule has 0 bridgehead atoms. The summed E-state index contributed by atoms with van der Waals surface area (Å²) in [6.45, 7) is 2.00. The molecule has 0 amide bonds. The van der Waals surface area contributed by atoms with E-state index in [1.54, 1.807) is 33.5 Å². The van der Waals surface area contributed by atoms with E-state index in [0.717, 1.165) is 16.7 Å². The summed E-state index contributed by atoms with van der Waals surface area (Å²) >= 11 is 0. The van der Waals surface area contributed by atoms with Crippen molar-refractivity contribution in [1.29, 1.82) is 0 Å². The zero-order valence-electron chi connectivity index (χ0n) is 19.3. The first-order valence-electron chi connectivity index (χ1n) is 10.5. The van der Waals surface area contributed by atoms with E-state index in [2.05, 4.69) is 10.3 Å². The molecule has 0 radical (unpaired) electrons. The van der Waals surface area contributed by atoms with Crippen molar-refractivity contribution in [2.45, 2.75) is 13.0 Å². The van der Waals surface area contributed by atoms with Gasteiger partial charge in [-0.1, -0.05) is 60.2 Å². The smallest absolute Gasteiger partial charge is 0.205 e. The number of methoxy groups -OCH3 is 2. The number of carbonyl (C=O) groups is 1. The highest BCUT2D eigenvalue weighted by Gasteiger charge is 2.25. The van der Waals surface area contributed by atoms with Gasteiger partial charge in [-0.3, -0.25) is 9.79 Å². The highest BCUT2D eigenvalue weighted by molar-refractivity contribution is 6.20. The molecule has 3 aromatic carbocycles. The van der Waals surface area contributed by atoms with Crippen molar-refractivity contribution < 1.29 is 14.3 Å². The number of aliphatic imine (C=N–C) groups is 1. The number of Topliss-reactive ketones (excluding diaryl/α,β-unsaturated/α-hetero) is 1. The molecule has 170 valence electrons. The normalized spacial score (nSPS) is 12.7. The van der Waals surface area contributed by atoms with E-state index >= 15 is 0 Å². The second kappa shape index (κ2) is 11.0. The van der Waals surface area contributed by atoms with Gasteiger partial charge >= 0.3 is 0 Å². The van der Waals surface area contributed by atoms with Crippen LogP contribution in [0.3, 0.4) is 0 Å². The number of benzene rings is 3. The van der Waals surface area contributed by atoms with E-state index in [0.29, 0.717) is 22.8 Å². The summed E-state index contributed by atoms with van der Waals surface area (Å²) in [4.78, 5) is 17.9. The van der Waals surface area contributed by atoms with Gasteiger partial charge in [0.15, 0.2) is 0 Å². The fourth-order valence-corrected chi connectivity index (χ4v) is 3.45. The van der Waals surface area contributed by atoms with Crippen molar-refractivity contribution in [3.8, 4) is 11.5 Å². The minimum absolute atomic E-state index is 0.125. The van der Waals surface area contributed by atoms with Crippen LogP contribution in [0.2, 0.25) is 0 Å². The molecule has 0 aliphatic heterocycles. The van der Waals surface area contributed by atoms with Crippen molar-refractivity contribution >= 4 is 23.3 Å². The van der Waals surface area contributed by atoms with Crippen molar-refractivity contribution in [3.05, 3.63) is 95.2 Å². The minimum atomic E-state index is -0.730. The summed E-state index contributed by atoms with van der Waals surface area (Å²) in [7, 11) is 4.81. The summed E-state index contributed by atoms with van der Waals surface area (Å²) in [5.74, 6) is 0.955. The number of ketones is 1. The number of aryl methyl sites for hydroxylation is 1. The van der Waals surface area contributed by atoms with Gasteiger partial charge in [-0.25, -0.2) is 0 Å². The van der Waals surface area contributed by atoms with Gasteiger partial charge in [0.05, 0.1) is 19.9 Å². The second-order valence-electron chi connectivity index (χ2n) is 7.53. The Kier molecular flexibility index (Phi) is 7.86. The first-order valence-corrected chi connectivity index (χ1v) is 10.5. The Morgan fingerprint density at radius 3 is 2.12 bits per heavy atom. The number of carbonyl (C=O) groups excluding carboxylic acids is 1. The molecule has 0 aromatic heterocycles. The summed E-state index contributed by atoms with van der Waals surface area (Å²) < 4.78 is 10.8. The predicted octanol–water partition coefficient (Wildman–Crippen LogP) is 4.81. The first-order chi connectivity index (χ1) is 16.0. The van der Waals surface area contributed by atoms with Crippen LogP contribution in [0.15, 0.2) is 83.5 Å². The van der Waals surface area contributed by atoms with Gasteiger partial charge in [-0.2, -0.15) is 0 Å². The molecule has 3 rings (SSSR count). The molecule has 1 unspecified atom stereocenters. The molecule has 1 atom stereocenters. The van der Waals surface area contributed by atoms with E-state index < -0.39 is 6.04 Å². The van der Waals surface area contributed by atoms with E-state index in [-0.39, 0.29) is 11.5 Å². The Bertz CT molecular complexity index is 1130. The number of nitrogens with zero attached hydrogens (tertiary/aromatic N) is 1. The third-order valence-electron chi connectivity index (χ3n) is 5.23. The lowest BCUT2D eigenvalue weighted by Crippen LogP contribution is -2.27. The number of rotatable bonds is 9. The summed E-state index contributed by atoms with van der Waals surface area (Å²) in [5, 5.41) is 3.33. The molecular weight excluding hydrogens is 414 g/mol. The lowest BCUT2D eigenvalue weighted by Gasteiger charge is -2.21. The summed E-state index contributed by atoms with van der Waals surface area (Å²) in [6, 6.07) is 21.9. The molecule has 3 N–H and O–H groups in total. The summed E-state index contributed by atoms with van der Waals surface area (Å²) in [5.41, 5.74) is 10.5. The van der Waals surface area contributed by atoms with E-state index in [4.69, 9.17) is 15.2 Å². The zero-order chi connectivity index (χ0) is 23.8. The second-order valence-corrected chi connectivity index (χ2v) is 7.53. The Balaban J connectivity index is 2.09. The molecule has 6 nitrogen and oxygen atoms in total. The van der Waals surface area contributed by atoms with Crippen LogP contribution >= 0.6 is 0 Å². The number of anilines is 1. The number of allylic oxidation sites excluding steroid dienone is 1. The third kappa shape index (κ3) is 5.80. The van der Waals surface area contributed by atoms with Crippen LogP contribution in [0, 0.1) is 6.92 Å². The van der Waals surface area contributed by atoms with Gasteiger partial charge in [-0.15, -0.1) is 0 Å². The lowest BCUT2D eigenvalue weighted by molar-refractivity contribution is -0.116. The summed E-state index contributed by atoms with van der Waals surface area (Å²) in [6.07, 6.45) is 1.61. The topological polar surface area (TPSA) is 85.9 Å². The molecular formula is C27H29N3O3. The maximum absolute atomic E-state index is 13.8. The predicted molar refractivity (Wildman–Crippen MR) is 134 cm³/mol. The molecule has 33 heavy (non-hydrogen) atoms. The molecule has 0 saturated heterocycles. The average Bonchev–Trinajstić information content (AvgIpc) is 2.86. The largest absolute Gasteiger partial charge is 0.497 e. The first kappa shape index (κ1) is 23.6. The maximum atomic E-state index is 13.8. The molecule has 0 spiro atoms. The molecule has 0 heterocycles. The molecule has 0 aliphatic carbocycles. The number of hydrogen-bond donors (Lipinski definition) is 2. The fourth-order valence-electron chi connectivity index (χ4n) is 3.45. The Hall–Kier alpha value is -4.06. The SMILES string of the molecule is CN=CC(=C(N)C(=O)C(Nc1cc(OC)cc(OC)c1)c1ccc(C)cc1)c1ccccc1. The highest BCUT2D eigenvalue weighted by atomic mass is 16.5. The number of nitrogens with one attached hydrogen (secondary N) is 1. The van der Waals surface area contributed by atoms with Crippen molar-refractivity contribution in [2.24, 2.45) is 10.7 Å². The van der Waals surface area contributed by atoms with Crippen LogP contribution in [-0.4, -0.2) is 33.3 Å². The van der Waals surface area contributed by atoms with Crippen LogP contribution in [0.5, 0.6) is 11.5 Å². The van der Waals surface area contributed by atoms with Gasteiger partial charge in [0.25, 0.3) is 0 Å². The highest BCUT2D eigenvalue weighted by Crippen LogP contribution is 2.30. The monoisotopic (exact) mass is 443 g/mol. The lowest BCUT2D eigenvalue weighted by atomic mass is 9.95. The van der Waals surface area contributed by atoms with Crippen LogP contribution in [0.4, 0.5) is 5.69 Å².